The Morgan fingerprint density at radius 3 is 2.30 bits per heavy atom. The third-order valence-electron chi connectivity index (χ3n) is 5.98. The van der Waals surface area contributed by atoms with Crippen molar-refractivity contribution >= 4 is 6.09 Å². The predicted molar refractivity (Wildman–Crippen MR) is 145 cm³/mol. The Labute approximate surface area is 232 Å². The molecule has 2 atom stereocenters. The molecule has 1 unspecified atom stereocenters. The minimum Gasteiger partial charge on any atom is -0.444 e. The van der Waals surface area contributed by atoms with Crippen LogP contribution in [0.4, 0.5) is 22.4 Å². The largest absolute Gasteiger partial charge is 0.444 e. The first-order valence-corrected chi connectivity index (χ1v) is 13.1. The monoisotopic (exact) mass is 563 g/mol. The van der Waals surface area contributed by atoms with Crippen LogP contribution in [0.5, 0.6) is 0 Å². The molecule has 2 N–H and O–H groups in total. The standard InChI is InChI=1S/C29H37F4N5O2/c1-28(2,3)23(34-15-14-22(24(32)33)35-27(39)40-29(4,5)6)26-36-25(20-16-19(30)12-13-21(20)31)37-38(26)17-18-10-8-7-9-11-18/h7-13,16,22-24,34H,14-15,17H2,1-6H3,(H,35,39)/t22?,23-/m0/s1. The molecule has 0 saturated carbocycles. The van der Waals surface area contributed by atoms with E-state index in [9.17, 15) is 22.4 Å². The van der Waals surface area contributed by atoms with Crippen LogP contribution >= 0.6 is 0 Å². The Morgan fingerprint density at radius 1 is 1.02 bits per heavy atom. The van der Waals surface area contributed by atoms with E-state index in [0.29, 0.717) is 12.4 Å². The molecular weight excluding hydrogens is 526 g/mol. The van der Waals surface area contributed by atoms with Gasteiger partial charge in [-0.3, -0.25) is 0 Å². The number of carbonyl (C=O) groups excluding carboxylic acids is 1. The van der Waals surface area contributed by atoms with Gasteiger partial charge in [-0.1, -0.05) is 51.1 Å². The highest BCUT2D eigenvalue weighted by Gasteiger charge is 2.33. The number of carbonyl (C=O) groups is 1. The van der Waals surface area contributed by atoms with Gasteiger partial charge in [0, 0.05) is 0 Å². The van der Waals surface area contributed by atoms with Crippen LogP contribution in [0.25, 0.3) is 11.4 Å². The van der Waals surface area contributed by atoms with E-state index in [0.717, 1.165) is 23.8 Å². The first-order valence-electron chi connectivity index (χ1n) is 13.1. The van der Waals surface area contributed by atoms with Gasteiger partial charge in [-0.2, -0.15) is 5.10 Å². The summed E-state index contributed by atoms with van der Waals surface area (Å²) in [5.74, 6) is -0.851. The van der Waals surface area contributed by atoms with Crippen LogP contribution in [0, 0.1) is 17.0 Å². The number of aromatic nitrogens is 3. The average Bonchev–Trinajstić information content (AvgIpc) is 3.23. The van der Waals surface area contributed by atoms with Crippen LogP contribution in [0.3, 0.4) is 0 Å². The molecule has 1 heterocycles. The Balaban J connectivity index is 1.90. The van der Waals surface area contributed by atoms with Crippen LogP contribution in [-0.2, 0) is 11.3 Å². The van der Waals surface area contributed by atoms with Gasteiger partial charge in [0.15, 0.2) is 5.82 Å². The number of hydrogen-bond acceptors (Lipinski definition) is 5. The molecule has 0 aliphatic heterocycles. The summed E-state index contributed by atoms with van der Waals surface area (Å²) in [5.41, 5.74) is -0.487. The third kappa shape index (κ3) is 8.77. The molecule has 1 aromatic heterocycles. The lowest BCUT2D eigenvalue weighted by atomic mass is 9.86. The number of ether oxygens (including phenoxy) is 1. The van der Waals surface area contributed by atoms with E-state index in [1.165, 1.54) is 0 Å². The summed E-state index contributed by atoms with van der Waals surface area (Å²) in [6.45, 7) is 11.2. The molecule has 0 spiro atoms. The molecule has 0 aliphatic rings. The number of rotatable bonds is 10. The van der Waals surface area contributed by atoms with Crippen LogP contribution in [-0.4, -0.2) is 45.5 Å². The van der Waals surface area contributed by atoms with Crippen molar-refractivity contribution in [3.8, 4) is 11.4 Å². The third-order valence-corrected chi connectivity index (χ3v) is 5.98. The highest BCUT2D eigenvalue weighted by Crippen LogP contribution is 2.34. The van der Waals surface area contributed by atoms with Crippen molar-refractivity contribution in [2.45, 2.75) is 78.6 Å². The van der Waals surface area contributed by atoms with Gasteiger partial charge in [-0.15, -0.1) is 0 Å². The molecule has 218 valence electrons. The summed E-state index contributed by atoms with van der Waals surface area (Å²) in [7, 11) is 0. The van der Waals surface area contributed by atoms with E-state index in [1.807, 2.05) is 51.1 Å². The van der Waals surface area contributed by atoms with Gasteiger partial charge in [0.25, 0.3) is 6.43 Å². The van der Waals surface area contributed by atoms with Crippen LogP contribution < -0.4 is 10.6 Å². The van der Waals surface area contributed by atoms with Crippen molar-refractivity contribution < 1.29 is 27.1 Å². The van der Waals surface area contributed by atoms with Crippen LogP contribution in [0.15, 0.2) is 48.5 Å². The Kier molecular flexibility index (Phi) is 9.94. The zero-order valence-corrected chi connectivity index (χ0v) is 23.6. The maximum absolute atomic E-state index is 14.6. The van der Waals surface area contributed by atoms with Crippen molar-refractivity contribution in [1.29, 1.82) is 0 Å². The highest BCUT2D eigenvalue weighted by molar-refractivity contribution is 5.68. The predicted octanol–water partition coefficient (Wildman–Crippen LogP) is 6.50. The minimum absolute atomic E-state index is 0.0102. The number of halogens is 4. The van der Waals surface area contributed by atoms with E-state index < -0.39 is 47.3 Å². The lowest BCUT2D eigenvalue weighted by Gasteiger charge is -2.32. The number of alkyl carbamates (subject to hydrolysis) is 1. The first-order chi connectivity index (χ1) is 18.6. The van der Waals surface area contributed by atoms with Crippen molar-refractivity contribution in [1.82, 2.24) is 25.4 Å². The second-order valence-corrected chi connectivity index (χ2v) is 11.7. The topological polar surface area (TPSA) is 81.1 Å². The molecule has 0 fully saturated rings. The molecule has 11 heteroatoms. The van der Waals surface area contributed by atoms with E-state index in [2.05, 4.69) is 20.7 Å². The van der Waals surface area contributed by atoms with Gasteiger partial charge in [0.1, 0.15) is 23.1 Å². The fourth-order valence-corrected chi connectivity index (χ4v) is 4.11. The summed E-state index contributed by atoms with van der Waals surface area (Å²) in [6.07, 6.45) is -3.83. The zero-order chi connectivity index (χ0) is 29.7. The average molecular weight is 564 g/mol. The SMILES string of the molecule is CC(C)(C)OC(=O)NC(CCN[C@@H](c1nc(-c2cc(F)ccc2F)nn1Cc1ccccc1)C(C)(C)C)C(F)F. The van der Waals surface area contributed by atoms with E-state index in [-0.39, 0.29) is 24.4 Å². The molecule has 3 aromatic rings. The molecule has 40 heavy (non-hydrogen) atoms. The molecule has 7 nitrogen and oxygen atoms in total. The first kappa shape index (κ1) is 31.1. The highest BCUT2D eigenvalue weighted by atomic mass is 19.3. The van der Waals surface area contributed by atoms with Gasteiger partial charge >= 0.3 is 6.09 Å². The zero-order valence-electron chi connectivity index (χ0n) is 23.6. The quantitative estimate of drug-likeness (QED) is 0.276. The summed E-state index contributed by atoms with van der Waals surface area (Å²) in [5, 5.41) is 10.1. The summed E-state index contributed by atoms with van der Waals surface area (Å²) in [4.78, 5) is 16.7. The molecule has 1 amide bonds. The smallest absolute Gasteiger partial charge is 0.408 e. The number of nitrogens with one attached hydrogen (secondary N) is 2. The Morgan fingerprint density at radius 2 is 1.70 bits per heavy atom. The lowest BCUT2D eigenvalue weighted by Crippen LogP contribution is -2.45. The summed E-state index contributed by atoms with van der Waals surface area (Å²) in [6, 6.07) is 10.6. The lowest BCUT2D eigenvalue weighted by molar-refractivity contribution is 0.0362. The van der Waals surface area contributed by atoms with Crippen molar-refractivity contribution in [2.24, 2.45) is 5.41 Å². The fourth-order valence-electron chi connectivity index (χ4n) is 4.11. The fraction of sp³-hybridized carbons (Fsp3) is 0.483. The van der Waals surface area contributed by atoms with Gasteiger partial charge in [-0.05, 0) is 62.9 Å². The Bertz CT molecular complexity index is 1270. The normalized spacial score (nSPS) is 13.8. The summed E-state index contributed by atoms with van der Waals surface area (Å²) < 4.78 is 62.9. The number of amides is 1. The molecule has 0 saturated heterocycles. The van der Waals surface area contributed by atoms with Crippen molar-refractivity contribution in [3.05, 3.63) is 71.6 Å². The van der Waals surface area contributed by atoms with Crippen LogP contribution in [0.1, 0.15) is 65.4 Å². The summed E-state index contributed by atoms with van der Waals surface area (Å²) >= 11 is 0. The van der Waals surface area contributed by atoms with E-state index >= 15 is 0 Å². The van der Waals surface area contributed by atoms with Crippen LogP contribution in [0.2, 0.25) is 0 Å². The van der Waals surface area contributed by atoms with Crippen molar-refractivity contribution in [3.63, 3.8) is 0 Å². The van der Waals surface area contributed by atoms with Gasteiger partial charge in [0.05, 0.1) is 24.2 Å². The van der Waals surface area contributed by atoms with E-state index in [4.69, 9.17) is 4.74 Å². The van der Waals surface area contributed by atoms with Gasteiger partial charge in [0.2, 0.25) is 0 Å². The van der Waals surface area contributed by atoms with Gasteiger partial charge < -0.3 is 15.4 Å². The Hall–Kier alpha value is -3.47. The number of alkyl halides is 2. The minimum atomic E-state index is -2.81. The van der Waals surface area contributed by atoms with Gasteiger partial charge in [-0.25, -0.2) is 32.0 Å². The molecule has 0 bridgehead atoms. The molecule has 0 radical (unpaired) electrons. The number of hydrogen-bond donors (Lipinski definition) is 2. The van der Waals surface area contributed by atoms with Crippen molar-refractivity contribution in [2.75, 3.05) is 6.54 Å². The second-order valence-electron chi connectivity index (χ2n) is 11.7. The second kappa shape index (κ2) is 12.8. The maximum Gasteiger partial charge on any atom is 0.408 e. The van der Waals surface area contributed by atoms with E-state index in [1.54, 1.807) is 25.5 Å². The molecule has 3 rings (SSSR count). The number of nitrogens with zero attached hydrogens (tertiary/aromatic N) is 3. The maximum atomic E-state index is 14.6. The molecule has 0 aliphatic carbocycles. The molecular formula is C29H37F4N5O2. The number of benzene rings is 2. The molecule has 2 aromatic carbocycles.